The number of amides is 1. The highest BCUT2D eigenvalue weighted by molar-refractivity contribution is 5.91. The normalized spacial score (nSPS) is 8.67. The lowest BCUT2D eigenvalue weighted by Gasteiger charge is -2.03. The molecular weight excluding hydrogens is 190 g/mol. The van der Waals surface area contributed by atoms with Crippen LogP contribution in [0.5, 0.6) is 0 Å². The Hall–Kier alpha value is -2.33. The van der Waals surface area contributed by atoms with Crippen molar-refractivity contribution in [2.75, 3.05) is 5.32 Å². The summed E-state index contributed by atoms with van der Waals surface area (Å²) in [5.74, 6) is 2.41. The lowest BCUT2D eigenvalue weighted by atomic mass is 10.2. The van der Waals surface area contributed by atoms with Crippen LogP contribution < -0.4 is 5.32 Å². The van der Waals surface area contributed by atoms with E-state index in [0.717, 1.165) is 0 Å². The quantitative estimate of drug-likeness (QED) is 0.746. The number of carbonyl (C=O) groups is 1. The van der Waals surface area contributed by atoms with Gasteiger partial charge in [-0.2, -0.15) is 5.26 Å². The van der Waals surface area contributed by atoms with E-state index < -0.39 is 0 Å². The molecular formula is C11H9N3O. The van der Waals surface area contributed by atoms with Crippen LogP contribution in [0.4, 0.5) is 5.82 Å². The first-order valence-corrected chi connectivity index (χ1v) is 4.36. The molecule has 0 bridgehead atoms. The third-order valence-corrected chi connectivity index (χ3v) is 1.68. The van der Waals surface area contributed by atoms with Crippen LogP contribution >= 0.6 is 0 Å². The van der Waals surface area contributed by atoms with Crippen LogP contribution in [0.2, 0.25) is 0 Å². The summed E-state index contributed by atoms with van der Waals surface area (Å²) in [5.41, 5.74) is 0.339. The molecule has 1 aromatic rings. The predicted octanol–water partition coefficient (Wildman–Crippen LogP) is 1.31. The third kappa shape index (κ3) is 3.13. The number of anilines is 1. The van der Waals surface area contributed by atoms with Gasteiger partial charge in [0.25, 0.3) is 0 Å². The molecule has 0 saturated carbocycles. The fourth-order valence-electron chi connectivity index (χ4n) is 0.975. The van der Waals surface area contributed by atoms with Crippen LogP contribution in [0.25, 0.3) is 0 Å². The van der Waals surface area contributed by atoms with Crippen molar-refractivity contribution in [1.82, 2.24) is 4.98 Å². The topological polar surface area (TPSA) is 65.8 Å². The predicted molar refractivity (Wildman–Crippen MR) is 55.6 cm³/mol. The van der Waals surface area contributed by atoms with Crippen LogP contribution in [0.1, 0.15) is 18.4 Å². The summed E-state index contributed by atoms with van der Waals surface area (Å²) < 4.78 is 0. The lowest BCUT2D eigenvalue weighted by Crippen LogP contribution is -2.13. The minimum Gasteiger partial charge on any atom is -0.310 e. The Morgan fingerprint density at radius 3 is 3.13 bits per heavy atom. The van der Waals surface area contributed by atoms with Crippen molar-refractivity contribution in [3.05, 3.63) is 23.9 Å². The standard InChI is InChI=1S/C11H9N3O/c1-2-3-6-10(15)14-11-9(8-12)5-4-7-13-11/h1,4-5,7H,3,6H2,(H,13,14,15). The molecule has 1 aromatic heterocycles. The smallest absolute Gasteiger partial charge is 0.226 e. The monoisotopic (exact) mass is 199 g/mol. The number of aromatic nitrogens is 1. The van der Waals surface area contributed by atoms with Gasteiger partial charge < -0.3 is 5.32 Å². The molecule has 1 heterocycles. The van der Waals surface area contributed by atoms with Gasteiger partial charge in [-0.25, -0.2) is 4.98 Å². The van der Waals surface area contributed by atoms with E-state index in [9.17, 15) is 4.79 Å². The Morgan fingerprint density at radius 1 is 1.67 bits per heavy atom. The number of hydrogen-bond acceptors (Lipinski definition) is 3. The summed E-state index contributed by atoms with van der Waals surface area (Å²) in [4.78, 5) is 15.2. The summed E-state index contributed by atoms with van der Waals surface area (Å²) in [6.07, 6.45) is 7.15. The Balaban J connectivity index is 2.69. The first-order chi connectivity index (χ1) is 7.27. The largest absolute Gasteiger partial charge is 0.310 e. The highest BCUT2D eigenvalue weighted by atomic mass is 16.1. The zero-order valence-electron chi connectivity index (χ0n) is 8.03. The van der Waals surface area contributed by atoms with Gasteiger partial charge in [0.1, 0.15) is 11.9 Å². The lowest BCUT2D eigenvalue weighted by molar-refractivity contribution is -0.116. The van der Waals surface area contributed by atoms with Crippen molar-refractivity contribution in [2.45, 2.75) is 12.8 Å². The molecule has 1 N–H and O–H groups in total. The molecule has 0 aliphatic rings. The third-order valence-electron chi connectivity index (χ3n) is 1.68. The van der Waals surface area contributed by atoms with Crippen LogP contribution in [0.15, 0.2) is 18.3 Å². The fourth-order valence-corrected chi connectivity index (χ4v) is 0.975. The summed E-state index contributed by atoms with van der Waals surface area (Å²) in [6, 6.07) is 5.16. The molecule has 0 radical (unpaired) electrons. The molecule has 4 nitrogen and oxygen atoms in total. The second kappa shape index (κ2) is 5.41. The van der Waals surface area contributed by atoms with E-state index in [1.807, 2.05) is 6.07 Å². The van der Waals surface area contributed by atoms with E-state index in [1.54, 1.807) is 12.1 Å². The Kier molecular flexibility index (Phi) is 3.88. The molecule has 74 valence electrons. The maximum absolute atomic E-state index is 11.3. The fraction of sp³-hybridized carbons (Fsp3) is 0.182. The molecule has 15 heavy (non-hydrogen) atoms. The number of nitrogens with zero attached hydrogens (tertiary/aromatic N) is 2. The number of nitriles is 1. The minimum atomic E-state index is -0.233. The molecule has 0 unspecified atom stereocenters. The highest BCUT2D eigenvalue weighted by Crippen LogP contribution is 2.09. The van der Waals surface area contributed by atoms with Gasteiger partial charge in [-0.05, 0) is 12.1 Å². The van der Waals surface area contributed by atoms with Crippen LogP contribution in [-0.2, 0) is 4.79 Å². The summed E-state index contributed by atoms with van der Waals surface area (Å²) in [5, 5.41) is 11.3. The first-order valence-electron chi connectivity index (χ1n) is 4.36. The number of hydrogen-bond donors (Lipinski definition) is 1. The number of pyridine rings is 1. The Morgan fingerprint density at radius 2 is 2.47 bits per heavy atom. The Labute approximate surface area is 87.9 Å². The summed E-state index contributed by atoms with van der Waals surface area (Å²) in [7, 11) is 0. The minimum absolute atomic E-state index is 0.233. The molecule has 1 amide bonds. The molecule has 1 rings (SSSR count). The maximum Gasteiger partial charge on any atom is 0.226 e. The zero-order chi connectivity index (χ0) is 11.1. The number of nitrogens with one attached hydrogen (secondary N) is 1. The summed E-state index contributed by atoms with van der Waals surface area (Å²) >= 11 is 0. The van der Waals surface area contributed by atoms with E-state index in [-0.39, 0.29) is 18.1 Å². The van der Waals surface area contributed by atoms with E-state index in [4.69, 9.17) is 11.7 Å². The average Bonchev–Trinajstić information content (AvgIpc) is 2.27. The van der Waals surface area contributed by atoms with Crippen LogP contribution in [0, 0.1) is 23.7 Å². The van der Waals surface area contributed by atoms with Gasteiger partial charge in [0, 0.05) is 19.0 Å². The molecule has 0 atom stereocenters. The SMILES string of the molecule is C#CCCC(=O)Nc1ncccc1C#N. The summed E-state index contributed by atoms with van der Waals surface area (Å²) in [6.45, 7) is 0. The highest BCUT2D eigenvalue weighted by Gasteiger charge is 2.06. The molecule has 0 aromatic carbocycles. The molecule has 0 spiro atoms. The second-order valence-corrected chi connectivity index (χ2v) is 2.76. The van der Waals surface area contributed by atoms with Crippen molar-refractivity contribution < 1.29 is 4.79 Å². The molecule has 0 aliphatic heterocycles. The van der Waals surface area contributed by atoms with Gasteiger partial charge in [0.2, 0.25) is 5.91 Å². The number of carbonyl (C=O) groups excluding carboxylic acids is 1. The number of rotatable bonds is 3. The van der Waals surface area contributed by atoms with Gasteiger partial charge in [-0.15, -0.1) is 12.3 Å². The molecule has 0 aliphatic carbocycles. The van der Waals surface area contributed by atoms with Gasteiger partial charge in [-0.1, -0.05) is 0 Å². The molecule has 4 heteroatoms. The van der Waals surface area contributed by atoms with Crippen LogP contribution in [0.3, 0.4) is 0 Å². The first kappa shape index (κ1) is 10.7. The van der Waals surface area contributed by atoms with E-state index in [2.05, 4.69) is 16.2 Å². The molecule has 0 saturated heterocycles. The maximum atomic E-state index is 11.3. The van der Waals surface area contributed by atoms with E-state index in [0.29, 0.717) is 12.0 Å². The van der Waals surface area contributed by atoms with Crippen molar-refractivity contribution in [2.24, 2.45) is 0 Å². The van der Waals surface area contributed by atoms with Gasteiger partial charge >= 0.3 is 0 Å². The van der Waals surface area contributed by atoms with Crippen molar-refractivity contribution in [1.29, 1.82) is 5.26 Å². The van der Waals surface area contributed by atoms with E-state index in [1.165, 1.54) is 6.20 Å². The second-order valence-electron chi connectivity index (χ2n) is 2.76. The molecule has 0 fully saturated rings. The zero-order valence-corrected chi connectivity index (χ0v) is 8.03. The van der Waals surface area contributed by atoms with Crippen molar-refractivity contribution in [3.63, 3.8) is 0 Å². The van der Waals surface area contributed by atoms with E-state index >= 15 is 0 Å². The van der Waals surface area contributed by atoms with Crippen LogP contribution in [-0.4, -0.2) is 10.9 Å². The van der Waals surface area contributed by atoms with Crippen molar-refractivity contribution in [3.8, 4) is 18.4 Å². The van der Waals surface area contributed by atoms with Gasteiger partial charge in [0.15, 0.2) is 0 Å². The number of terminal acetylenes is 1. The average molecular weight is 199 g/mol. The Bertz CT molecular complexity index is 440. The van der Waals surface area contributed by atoms with Gasteiger partial charge in [0.05, 0.1) is 5.56 Å². The van der Waals surface area contributed by atoms with Crippen molar-refractivity contribution >= 4 is 11.7 Å². The van der Waals surface area contributed by atoms with Gasteiger partial charge in [-0.3, -0.25) is 4.79 Å².